The van der Waals surface area contributed by atoms with Crippen LogP contribution in [-0.2, 0) is 4.79 Å². The summed E-state index contributed by atoms with van der Waals surface area (Å²) in [5.74, 6) is -0.349. The van der Waals surface area contributed by atoms with E-state index >= 15 is 0 Å². The van der Waals surface area contributed by atoms with Gasteiger partial charge in [0.15, 0.2) is 0 Å². The van der Waals surface area contributed by atoms with Gasteiger partial charge >= 0.3 is 0 Å². The van der Waals surface area contributed by atoms with Gasteiger partial charge in [0.2, 0.25) is 0 Å². The van der Waals surface area contributed by atoms with E-state index in [0.29, 0.717) is 5.69 Å². The normalized spacial score (nSPS) is 15.2. The average molecular weight is 255 g/mol. The van der Waals surface area contributed by atoms with Crippen LogP contribution >= 0.6 is 0 Å². The highest BCUT2D eigenvalue weighted by Gasteiger charge is 2.14. The van der Waals surface area contributed by atoms with Gasteiger partial charge in [0, 0.05) is 25.0 Å². The first-order valence-electron chi connectivity index (χ1n) is 6.43. The monoisotopic (exact) mass is 255 g/mol. The Hall–Kier alpha value is -2.28. The Labute approximate surface area is 113 Å². The number of aryl methyl sites for hydroxylation is 1. The van der Waals surface area contributed by atoms with E-state index in [4.69, 9.17) is 5.26 Å². The van der Waals surface area contributed by atoms with Crippen molar-refractivity contribution in [3.05, 3.63) is 41.6 Å². The van der Waals surface area contributed by atoms with Crippen molar-refractivity contribution in [2.75, 3.05) is 18.4 Å². The average Bonchev–Trinajstić information content (AvgIpc) is 2.91. The second-order valence-electron chi connectivity index (χ2n) is 4.72. The molecular formula is C15H17N3O. The molecule has 1 aromatic rings. The zero-order valence-corrected chi connectivity index (χ0v) is 11.0. The van der Waals surface area contributed by atoms with Crippen LogP contribution in [0.1, 0.15) is 18.4 Å². The first kappa shape index (κ1) is 13.2. The molecule has 0 aromatic heterocycles. The number of hydrogen-bond donors (Lipinski definition) is 1. The fourth-order valence-electron chi connectivity index (χ4n) is 2.03. The van der Waals surface area contributed by atoms with E-state index in [2.05, 4.69) is 5.32 Å². The van der Waals surface area contributed by atoms with Gasteiger partial charge < -0.3 is 10.2 Å². The first-order valence-corrected chi connectivity index (χ1v) is 6.43. The van der Waals surface area contributed by atoms with Gasteiger partial charge in [-0.3, -0.25) is 4.79 Å². The Kier molecular flexibility index (Phi) is 4.19. The van der Waals surface area contributed by atoms with Crippen molar-refractivity contribution in [2.24, 2.45) is 0 Å². The molecule has 1 aliphatic heterocycles. The van der Waals surface area contributed by atoms with Crippen LogP contribution in [0, 0.1) is 18.3 Å². The van der Waals surface area contributed by atoms with Crippen molar-refractivity contribution >= 4 is 11.6 Å². The molecule has 1 N–H and O–H groups in total. The van der Waals surface area contributed by atoms with Crippen LogP contribution in [0.25, 0.3) is 0 Å². The van der Waals surface area contributed by atoms with Gasteiger partial charge in [-0.25, -0.2) is 0 Å². The Balaban J connectivity index is 2.04. The zero-order valence-electron chi connectivity index (χ0n) is 11.0. The van der Waals surface area contributed by atoms with Crippen LogP contribution in [0.2, 0.25) is 0 Å². The summed E-state index contributed by atoms with van der Waals surface area (Å²) in [7, 11) is 0. The van der Waals surface area contributed by atoms with Crippen molar-refractivity contribution in [3.63, 3.8) is 0 Å². The number of nitrogens with zero attached hydrogens (tertiary/aromatic N) is 2. The van der Waals surface area contributed by atoms with Crippen molar-refractivity contribution < 1.29 is 4.79 Å². The summed E-state index contributed by atoms with van der Waals surface area (Å²) in [6.07, 6.45) is 3.90. The third kappa shape index (κ3) is 3.59. The van der Waals surface area contributed by atoms with Crippen LogP contribution < -0.4 is 5.32 Å². The third-order valence-corrected chi connectivity index (χ3v) is 3.13. The highest BCUT2D eigenvalue weighted by atomic mass is 16.1. The second kappa shape index (κ2) is 6.05. The number of carbonyl (C=O) groups excluding carboxylic acids is 1. The quantitative estimate of drug-likeness (QED) is 0.666. The Morgan fingerprint density at radius 3 is 2.53 bits per heavy atom. The first-order chi connectivity index (χ1) is 9.19. The second-order valence-corrected chi connectivity index (χ2v) is 4.72. The van der Waals surface area contributed by atoms with Crippen molar-refractivity contribution in [1.29, 1.82) is 5.26 Å². The molecule has 0 aliphatic carbocycles. The molecule has 0 radical (unpaired) electrons. The van der Waals surface area contributed by atoms with E-state index in [1.165, 1.54) is 0 Å². The molecule has 19 heavy (non-hydrogen) atoms. The van der Waals surface area contributed by atoms with Crippen LogP contribution in [-0.4, -0.2) is 23.9 Å². The lowest BCUT2D eigenvalue weighted by molar-refractivity contribution is -0.112. The van der Waals surface area contributed by atoms with Gasteiger partial charge in [-0.1, -0.05) is 17.7 Å². The van der Waals surface area contributed by atoms with Gasteiger partial charge in [-0.05, 0) is 31.9 Å². The summed E-state index contributed by atoms with van der Waals surface area (Å²) in [5.41, 5.74) is 1.99. The molecule has 1 aliphatic rings. The lowest BCUT2D eigenvalue weighted by atomic mass is 10.2. The van der Waals surface area contributed by atoms with Crippen molar-refractivity contribution in [1.82, 2.24) is 4.90 Å². The maximum Gasteiger partial charge on any atom is 0.267 e. The molecule has 0 bridgehead atoms. The smallest absolute Gasteiger partial charge is 0.267 e. The fraction of sp³-hybridized carbons (Fsp3) is 0.333. The van der Waals surface area contributed by atoms with E-state index in [9.17, 15) is 4.79 Å². The number of likely N-dealkylation sites (tertiary alicyclic amines) is 1. The zero-order chi connectivity index (χ0) is 13.7. The van der Waals surface area contributed by atoms with E-state index < -0.39 is 0 Å². The predicted octanol–water partition coefficient (Wildman–Crippen LogP) is 2.44. The van der Waals surface area contributed by atoms with E-state index in [-0.39, 0.29) is 11.5 Å². The number of anilines is 1. The standard InChI is InChI=1S/C15H17N3O/c1-12-4-6-14(7-5-12)17-15(19)13(10-16)11-18-8-2-3-9-18/h4-7,11H,2-3,8-9H2,1H3,(H,17,19)/b13-11-. The summed E-state index contributed by atoms with van der Waals surface area (Å²) >= 11 is 0. The molecule has 98 valence electrons. The summed E-state index contributed by atoms with van der Waals surface area (Å²) in [6.45, 7) is 3.82. The summed E-state index contributed by atoms with van der Waals surface area (Å²) < 4.78 is 0. The molecule has 0 spiro atoms. The number of rotatable bonds is 3. The van der Waals surface area contributed by atoms with E-state index in [0.717, 1.165) is 31.5 Å². The molecule has 2 rings (SSSR count). The lowest BCUT2D eigenvalue weighted by Gasteiger charge is -2.12. The van der Waals surface area contributed by atoms with E-state index in [1.807, 2.05) is 42.2 Å². The van der Waals surface area contributed by atoms with Gasteiger partial charge in [0.05, 0.1) is 0 Å². The molecular weight excluding hydrogens is 238 g/mol. The van der Waals surface area contributed by atoms with Crippen LogP contribution in [0.3, 0.4) is 0 Å². The number of carbonyl (C=O) groups is 1. The van der Waals surface area contributed by atoms with Crippen LogP contribution in [0.15, 0.2) is 36.0 Å². The fourth-order valence-corrected chi connectivity index (χ4v) is 2.03. The number of amides is 1. The summed E-state index contributed by atoms with van der Waals surface area (Å²) in [4.78, 5) is 14.0. The molecule has 1 aromatic carbocycles. The molecule has 1 heterocycles. The highest BCUT2D eigenvalue weighted by molar-refractivity contribution is 6.06. The Morgan fingerprint density at radius 2 is 1.95 bits per heavy atom. The molecule has 0 unspecified atom stereocenters. The largest absolute Gasteiger partial charge is 0.376 e. The molecule has 0 saturated carbocycles. The number of nitriles is 1. The van der Waals surface area contributed by atoms with Gasteiger partial charge in [-0.2, -0.15) is 5.26 Å². The Morgan fingerprint density at radius 1 is 1.32 bits per heavy atom. The molecule has 0 atom stereocenters. The summed E-state index contributed by atoms with van der Waals surface area (Å²) in [6, 6.07) is 9.48. The SMILES string of the molecule is Cc1ccc(NC(=O)/C(C#N)=C\N2CCCC2)cc1. The maximum absolute atomic E-state index is 12.0. The molecule has 4 nitrogen and oxygen atoms in total. The molecule has 1 fully saturated rings. The summed E-state index contributed by atoms with van der Waals surface area (Å²) in [5, 5.41) is 11.8. The topological polar surface area (TPSA) is 56.1 Å². The van der Waals surface area contributed by atoms with E-state index in [1.54, 1.807) is 6.20 Å². The lowest BCUT2D eigenvalue weighted by Crippen LogP contribution is -2.18. The third-order valence-electron chi connectivity index (χ3n) is 3.13. The molecule has 4 heteroatoms. The van der Waals surface area contributed by atoms with Gasteiger partial charge in [0.25, 0.3) is 5.91 Å². The minimum Gasteiger partial charge on any atom is -0.376 e. The Bertz CT molecular complexity index is 519. The number of hydrogen-bond acceptors (Lipinski definition) is 3. The van der Waals surface area contributed by atoms with Gasteiger partial charge in [0.1, 0.15) is 11.6 Å². The minimum atomic E-state index is -0.349. The minimum absolute atomic E-state index is 0.155. The maximum atomic E-state index is 12.0. The molecule has 1 saturated heterocycles. The van der Waals surface area contributed by atoms with Gasteiger partial charge in [-0.15, -0.1) is 0 Å². The van der Waals surface area contributed by atoms with Crippen LogP contribution in [0.4, 0.5) is 5.69 Å². The highest BCUT2D eigenvalue weighted by Crippen LogP contribution is 2.12. The number of benzene rings is 1. The predicted molar refractivity (Wildman–Crippen MR) is 74.3 cm³/mol. The van der Waals surface area contributed by atoms with Crippen molar-refractivity contribution in [3.8, 4) is 6.07 Å². The van der Waals surface area contributed by atoms with Crippen molar-refractivity contribution in [2.45, 2.75) is 19.8 Å². The molecule has 1 amide bonds. The number of nitrogens with one attached hydrogen (secondary N) is 1. The van der Waals surface area contributed by atoms with Crippen LogP contribution in [0.5, 0.6) is 0 Å².